The van der Waals surface area contributed by atoms with E-state index in [-0.39, 0.29) is 10.6 Å². The van der Waals surface area contributed by atoms with Crippen LogP contribution in [-0.2, 0) is 6.42 Å². The van der Waals surface area contributed by atoms with Crippen LogP contribution < -0.4 is 5.32 Å². The molecule has 0 aromatic carbocycles. The Hall–Kier alpha value is -1.23. The van der Waals surface area contributed by atoms with Gasteiger partial charge in [-0.3, -0.25) is 0 Å². The quantitative estimate of drug-likeness (QED) is 0.641. The molecule has 0 amide bonds. The van der Waals surface area contributed by atoms with Gasteiger partial charge in [0.15, 0.2) is 4.88 Å². The van der Waals surface area contributed by atoms with Crippen molar-refractivity contribution in [2.45, 2.75) is 12.8 Å². The number of carbonyl (C=O) groups is 1. The summed E-state index contributed by atoms with van der Waals surface area (Å²) in [5, 5.41) is 22.2. The zero-order valence-corrected chi connectivity index (χ0v) is 7.65. The van der Waals surface area contributed by atoms with Crippen LogP contribution in [0.1, 0.15) is 21.7 Å². The zero-order valence-electron chi connectivity index (χ0n) is 6.83. The van der Waals surface area contributed by atoms with Crippen molar-refractivity contribution in [3.8, 4) is 5.75 Å². The first-order valence-corrected chi connectivity index (χ1v) is 4.83. The van der Waals surface area contributed by atoms with E-state index in [1.54, 1.807) is 0 Å². The van der Waals surface area contributed by atoms with Crippen LogP contribution in [0.3, 0.4) is 0 Å². The van der Waals surface area contributed by atoms with Gasteiger partial charge in [0.25, 0.3) is 0 Å². The summed E-state index contributed by atoms with van der Waals surface area (Å²) in [4.78, 5) is 10.7. The van der Waals surface area contributed by atoms with Gasteiger partial charge in [0.1, 0.15) is 5.75 Å². The summed E-state index contributed by atoms with van der Waals surface area (Å²) in [6.07, 6.45) is 1.70. The number of rotatable bonds is 1. The van der Waals surface area contributed by atoms with Crippen molar-refractivity contribution in [2.24, 2.45) is 0 Å². The maximum absolute atomic E-state index is 10.7. The fraction of sp³-hybridized carbons (Fsp3) is 0.375. The Morgan fingerprint density at radius 1 is 1.54 bits per heavy atom. The van der Waals surface area contributed by atoms with Crippen LogP contribution in [-0.4, -0.2) is 22.7 Å². The summed E-state index contributed by atoms with van der Waals surface area (Å²) < 4.78 is 0. The Balaban J connectivity index is 2.50. The van der Waals surface area contributed by atoms with Gasteiger partial charge in [-0.15, -0.1) is 11.3 Å². The molecule has 0 unspecified atom stereocenters. The van der Waals surface area contributed by atoms with E-state index < -0.39 is 5.97 Å². The average Bonchev–Trinajstić information content (AvgIpc) is 2.45. The van der Waals surface area contributed by atoms with Crippen LogP contribution in [0, 0.1) is 0 Å². The van der Waals surface area contributed by atoms with Crippen LogP contribution in [0.5, 0.6) is 5.75 Å². The van der Waals surface area contributed by atoms with Gasteiger partial charge in [-0.05, 0) is 12.8 Å². The second-order valence-electron chi connectivity index (χ2n) is 2.92. The van der Waals surface area contributed by atoms with Crippen LogP contribution in [0.4, 0.5) is 5.00 Å². The number of anilines is 1. The van der Waals surface area contributed by atoms with Crippen LogP contribution in [0.2, 0.25) is 0 Å². The fourth-order valence-electron chi connectivity index (χ4n) is 1.44. The maximum atomic E-state index is 10.7. The first-order chi connectivity index (χ1) is 6.20. The largest absolute Gasteiger partial charge is 0.506 e. The molecule has 0 atom stereocenters. The lowest BCUT2D eigenvalue weighted by molar-refractivity contribution is 0.0699. The Bertz CT molecular complexity index is 359. The first-order valence-electron chi connectivity index (χ1n) is 4.02. The van der Waals surface area contributed by atoms with Gasteiger partial charge in [-0.25, -0.2) is 4.79 Å². The minimum absolute atomic E-state index is 0.0411. The summed E-state index contributed by atoms with van der Waals surface area (Å²) >= 11 is 1.11. The number of thiophene rings is 1. The van der Waals surface area contributed by atoms with E-state index in [2.05, 4.69) is 5.32 Å². The number of aromatic carboxylic acids is 1. The molecule has 0 saturated carbocycles. The molecule has 0 saturated heterocycles. The van der Waals surface area contributed by atoms with Gasteiger partial charge in [-0.1, -0.05) is 0 Å². The van der Waals surface area contributed by atoms with Gasteiger partial charge in [-0.2, -0.15) is 0 Å². The second-order valence-corrected chi connectivity index (χ2v) is 3.94. The van der Waals surface area contributed by atoms with Gasteiger partial charge in [0, 0.05) is 12.1 Å². The molecular weight excluding hydrogens is 190 g/mol. The molecule has 13 heavy (non-hydrogen) atoms. The van der Waals surface area contributed by atoms with Crippen molar-refractivity contribution >= 4 is 22.3 Å². The van der Waals surface area contributed by atoms with E-state index in [1.165, 1.54) is 0 Å². The molecular formula is C8H9NO3S. The molecule has 0 radical (unpaired) electrons. The fourth-order valence-corrected chi connectivity index (χ4v) is 2.45. The molecule has 3 N–H and O–H groups in total. The second kappa shape index (κ2) is 2.92. The van der Waals surface area contributed by atoms with Crippen molar-refractivity contribution < 1.29 is 15.0 Å². The predicted octanol–water partition coefficient (Wildman–Crippen LogP) is 1.51. The average molecular weight is 199 g/mol. The molecule has 1 aliphatic rings. The summed E-state index contributed by atoms with van der Waals surface area (Å²) in [5.74, 6) is -1.11. The highest BCUT2D eigenvalue weighted by molar-refractivity contribution is 7.18. The van der Waals surface area contributed by atoms with Crippen molar-refractivity contribution in [2.75, 3.05) is 11.9 Å². The van der Waals surface area contributed by atoms with E-state index in [0.29, 0.717) is 0 Å². The van der Waals surface area contributed by atoms with E-state index in [9.17, 15) is 9.90 Å². The number of carboxylic acid groups (broad SMARTS) is 1. The third-order valence-electron chi connectivity index (χ3n) is 2.06. The SMILES string of the molecule is O=C(O)c1sc2c(c1O)CCCN2. The number of carboxylic acids is 1. The minimum atomic E-state index is -1.06. The van der Waals surface area contributed by atoms with E-state index in [4.69, 9.17) is 5.11 Å². The molecule has 0 bridgehead atoms. The smallest absolute Gasteiger partial charge is 0.349 e. The van der Waals surface area contributed by atoms with Gasteiger partial charge < -0.3 is 15.5 Å². The zero-order chi connectivity index (χ0) is 9.42. The third-order valence-corrected chi connectivity index (χ3v) is 3.23. The van der Waals surface area contributed by atoms with Crippen LogP contribution in [0.25, 0.3) is 0 Å². The van der Waals surface area contributed by atoms with Gasteiger partial charge in [0.05, 0.1) is 5.00 Å². The summed E-state index contributed by atoms with van der Waals surface area (Å²) in [5.41, 5.74) is 0.758. The number of aromatic hydroxyl groups is 1. The summed E-state index contributed by atoms with van der Waals surface area (Å²) in [6.45, 7) is 0.853. The van der Waals surface area contributed by atoms with Crippen molar-refractivity contribution in [1.29, 1.82) is 0 Å². The summed E-state index contributed by atoms with van der Waals surface area (Å²) in [7, 11) is 0. The molecule has 0 fully saturated rings. The number of hydrogen-bond donors (Lipinski definition) is 3. The highest BCUT2D eigenvalue weighted by Crippen LogP contribution is 2.40. The standard InChI is InChI=1S/C8H9NO3S/c10-5-4-2-1-3-9-7(4)13-6(5)8(11)12/h9-10H,1-3H2,(H,11,12). The Morgan fingerprint density at radius 3 is 2.92 bits per heavy atom. The lowest BCUT2D eigenvalue weighted by Gasteiger charge is -2.12. The third kappa shape index (κ3) is 1.25. The topological polar surface area (TPSA) is 69.6 Å². The van der Waals surface area contributed by atoms with Gasteiger partial charge >= 0.3 is 5.97 Å². The van der Waals surface area contributed by atoms with Crippen LogP contribution >= 0.6 is 11.3 Å². The first kappa shape index (κ1) is 8.37. The van der Waals surface area contributed by atoms with Crippen molar-refractivity contribution in [1.82, 2.24) is 0 Å². The molecule has 2 rings (SSSR count). The molecule has 70 valence electrons. The van der Waals surface area contributed by atoms with Crippen LogP contribution in [0.15, 0.2) is 0 Å². The van der Waals surface area contributed by atoms with Crippen molar-refractivity contribution in [3.63, 3.8) is 0 Å². The van der Waals surface area contributed by atoms with E-state index >= 15 is 0 Å². The highest BCUT2D eigenvalue weighted by Gasteiger charge is 2.23. The Kier molecular flexibility index (Phi) is 1.88. The van der Waals surface area contributed by atoms with Gasteiger partial charge in [0.2, 0.25) is 0 Å². The molecule has 5 heteroatoms. The monoisotopic (exact) mass is 199 g/mol. The van der Waals surface area contributed by atoms with E-state index in [0.717, 1.165) is 41.3 Å². The van der Waals surface area contributed by atoms with Crippen molar-refractivity contribution in [3.05, 3.63) is 10.4 Å². The highest BCUT2D eigenvalue weighted by atomic mass is 32.1. The Labute approximate surface area is 78.8 Å². The molecule has 1 aromatic heterocycles. The predicted molar refractivity (Wildman–Crippen MR) is 49.8 cm³/mol. The Morgan fingerprint density at radius 2 is 2.31 bits per heavy atom. The van der Waals surface area contributed by atoms with E-state index in [1.807, 2.05) is 0 Å². The minimum Gasteiger partial charge on any atom is -0.506 e. The molecule has 0 aliphatic carbocycles. The lowest BCUT2D eigenvalue weighted by Crippen LogP contribution is -2.08. The molecule has 1 aromatic rings. The molecule has 1 aliphatic heterocycles. The lowest BCUT2D eigenvalue weighted by atomic mass is 10.1. The summed E-state index contributed by atoms with van der Waals surface area (Å²) in [6, 6.07) is 0. The number of hydrogen-bond acceptors (Lipinski definition) is 4. The number of nitrogens with one attached hydrogen (secondary N) is 1. The maximum Gasteiger partial charge on any atom is 0.349 e. The molecule has 0 spiro atoms. The number of fused-ring (bicyclic) bond motifs is 1. The molecule has 2 heterocycles. The molecule has 4 nitrogen and oxygen atoms in total. The normalized spacial score (nSPS) is 14.8.